The van der Waals surface area contributed by atoms with Crippen molar-refractivity contribution in [2.75, 3.05) is 21.1 Å². The van der Waals surface area contributed by atoms with E-state index in [4.69, 9.17) is 0 Å². The summed E-state index contributed by atoms with van der Waals surface area (Å²) in [5.74, 6) is -1.57. The summed E-state index contributed by atoms with van der Waals surface area (Å²) in [6.45, 7) is 4.08. The van der Waals surface area contributed by atoms with Crippen LogP contribution >= 0.6 is 0 Å². The van der Waals surface area contributed by atoms with Gasteiger partial charge in [-0.25, -0.2) is 8.78 Å². The Morgan fingerprint density at radius 2 is 1.94 bits per heavy atom. The van der Waals surface area contributed by atoms with E-state index in [-0.39, 0.29) is 11.6 Å². The summed E-state index contributed by atoms with van der Waals surface area (Å²) in [5, 5.41) is 3.11. The van der Waals surface area contributed by atoms with Gasteiger partial charge in [0.1, 0.15) is 0 Å². The first-order valence-corrected chi connectivity index (χ1v) is 6.17. The summed E-state index contributed by atoms with van der Waals surface area (Å²) >= 11 is 0. The second kappa shape index (κ2) is 5.76. The zero-order valence-corrected chi connectivity index (χ0v) is 11.7. The van der Waals surface area contributed by atoms with Crippen LogP contribution in [0.3, 0.4) is 0 Å². The lowest BCUT2D eigenvalue weighted by Crippen LogP contribution is -2.50. The normalized spacial score (nSPS) is 16.7. The Bertz CT molecular complexity index is 407. The number of rotatable bonds is 5. The Kier molecular flexibility index (Phi) is 4.82. The molecule has 1 aromatic carbocycles. The first-order chi connectivity index (χ1) is 8.38. The van der Waals surface area contributed by atoms with Gasteiger partial charge in [0.05, 0.1) is 6.04 Å². The number of hydrogen-bond donors (Lipinski definition) is 1. The van der Waals surface area contributed by atoms with Gasteiger partial charge < -0.3 is 10.2 Å². The van der Waals surface area contributed by atoms with Gasteiger partial charge in [-0.05, 0) is 40.6 Å². The van der Waals surface area contributed by atoms with Gasteiger partial charge in [0.25, 0.3) is 0 Å². The number of hydrogen-bond acceptors (Lipinski definition) is 2. The minimum atomic E-state index is -0.801. The van der Waals surface area contributed by atoms with Gasteiger partial charge in [0.15, 0.2) is 11.6 Å². The van der Waals surface area contributed by atoms with E-state index in [0.717, 1.165) is 12.5 Å². The Morgan fingerprint density at radius 3 is 2.39 bits per heavy atom. The highest BCUT2D eigenvalue weighted by molar-refractivity contribution is 5.26. The zero-order valence-electron chi connectivity index (χ0n) is 11.7. The summed E-state index contributed by atoms with van der Waals surface area (Å²) < 4.78 is 27.3. The number of likely N-dealkylation sites (N-methyl/N-ethyl adjacent to an activating group) is 2. The first kappa shape index (κ1) is 15.1. The maximum atomic E-state index is 13.9. The quantitative estimate of drug-likeness (QED) is 0.871. The molecule has 0 aliphatic rings. The van der Waals surface area contributed by atoms with Crippen molar-refractivity contribution in [3.05, 3.63) is 35.4 Å². The van der Waals surface area contributed by atoms with Crippen LogP contribution in [0.5, 0.6) is 0 Å². The van der Waals surface area contributed by atoms with Crippen LogP contribution in [0.1, 0.15) is 31.9 Å². The third kappa shape index (κ3) is 2.54. The van der Waals surface area contributed by atoms with Gasteiger partial charge in [0.2, 0.25) is 0 Å². The average molecular weight is 256 g/mol. The summed E-state index contributed by atoms with van der Waals surface area (Å²) in [4.78, 5) is 2.04. The van der Waals surface area contributed by atoms with Crippen LogP contribution in [0.4, 0.5) is 8.78 Å². The molecule has 102 valence electrons. The monoisotopic (exact) mass is 256 g/mol. The van der Waals surface area contributed by atoms with Crippen molar-refractivity contribution in [1.82, 2.24) is 10.2 Å². The van der Waals surface area contributed by atoms with Crippen molar-refractivity contribution in [1.29, 1.82) is 0 Å². The Balaban J connectivity index is 3.29. The SMILES string of the molecule is CCC(C)(C(NC)c1cccc(F)c1F)N(C)C. The molecule has 0 fully saturated rings. The molecule has 2 atom stereocenters. The number of halogens is 2. The summed E-state index contributed by atoms with van der Waals surface area (Å²) in [7, 11) is 5.67. The van der Waals surface area contributed by atoms with E-state index in [9.17, 15) is 8.78 Å². The van der Waals surface area contributed by atoms with Crippen LogP contribution in [0.25, 0.3) is 0 Å². The predicted molar refractivity (Wildman–Crippen MR) is 70.5 cm³/mol. The van der Waals surface area contributed by atoms with Crippen molar-refractivity contribution < 1.29 is 8.78 Å². The molecule has 1 N–H and O–H groups in total. The Labute approximate surface area is 108 Å². The molecule has 0 amide bonds. The van der Waals surface area contributed by atoms with Gasteiger partial charge in [-0.1, -0.05) is 19.1 Å². The summed E-state index contributed by atoms with van der Waals surface area (Å²) in [6, 6.07) is 4.05. The maximum absolute atomic E-state index is 13.9. The molecule has 0 radical (unpaired) electrons. The van der Waals surface area contributed by atoms with Gasteiger partial charge in [-0.15, -0.1) is 0 Å². The predicted octanol–water partition coefficient (Wildman–Crippen LogP) is 2.96. The van der Waals surface area contributed by atoms with E-state index in [0.29, 0.717) is 5.56 Å². The van der Waals surface area contributed by atoms with Crippen molar-refractivity contribution in [3.63, 3.8) is 0 Å². The largest absolute Gasteiger partial charge is 0.311 e. The second-order valence-electron chi connectivity index (χ2n) is 4.97. The van der Waals surface area contributed by atoms with Crippen LogP contribution in [0.15, 0.2) is 18.2 Å². The van der Waals surface area contributed by atoms with Crippen molar-refractivity contribution in [2.24, 2.45) is 0 Å². The number of nitrogens with one attached hydrogen (secondary N) is 1. The van der Waals surface area contributed by atoms with Crippen molar-refractivity contribution in [3.8, 4) is 0 Å². The van der Waals surface area contributed by atoms with E-state index >= 15 is 0 Å². The van der Waals surface area contributed by atoms with Crippen LogP contribution in [0, 0.1) is 11.6 Å². The van der Waals surface area contributed by atoms with Crippen LogP contribution in [-0.4, -0.2) is 31.6 Å². The smallest absolute Gasteiger partial charge is 0.163 e. The van der Waals surface area contributed by atoms with E-state index < -0.39 is 11.6 Å². The lowest BCUT2D eigenvalue weighted by atomic mass is 9.83. The molecule has 0 saturated heterocycles. The fourth-order valence-corrected chi connectivity index (χ4v) is 2.32. The van der Waals surface area contributed by atoms with Crippen LogP contribution < -0.4 is 5.32 Å². The van der Waals surface area contributed by atoms with Gasteiger partial charge in [-0.2, -0.15) is 0 Å². The molecular weight excluding hydrogens is 234 g/mol. The molecule has 0 saturated carbocycles. The maximum Gasteiger partial charge on any atom is 0.163 e. The second-order valence-corrected chi connectivity index (χ2v) is 4.97. The molecule has 0 spiro atoms. The molecule has 18 heavy (non-hydrogen) atoms. The standard InChI is InChI=1S/C14H22F2N2/c1-6-14(2,18(4)5)13(17-3)10-8-7-9-11(15)12(10)16/h7-9,13,17H,6H2,1-5H3. The highest BCUT2D eigenvalue weighted by Crippen LogP contribution is 2.34. The van der Waals surface area contributed by atoms with E-state index in [1.807, 2.05) is 32.8 Å². The molecule has 2 nitrogen and oxygen atoms in total. The van der Waals surface area contributed by atoms with E-state index in [2.05, 4.69) is 5.32 Å². The minimum absolute atomic E-state index is 0.270. The summed E-state index contributed by atoms with van der Waals surface area (Å²) in [6.07, 6.45) is 0.821. The minimum Gasteiger partial charge on any atom is -0.311 e. The van der Waals surface area contributed by atoms with Gasteiger partial charge >= 0.3 is 0 Å². The molecular formula is C14H22F2N2. The number of nitrogens with zero attached hydrogens (tertiary/aromatic N) is 1. The summed E-state index contributed by atoms with van der Waals surface area (Å²) in [5.41, 5.74) is 0.0826. The number of benzene rings is 1. The highest BCUT2D eigenvalue weighted by atomic mass is 19.2. The Morgan fingerprint density at radius 1 is 1.33 bits per heavy atom. The van der Waals surface area contributed by atoms with Gasteiger partial charge in [0, 0.05) is 11.1 Å². The topological polar surface area (TPSA) is 15.3 Å². The third-order valence-electron chi connectivity index (χ3n) is 3.94. The van der Waals surface area contributed by atoms with E-state index in [1.54, 1.807) is 19.2 Å². The third-order valence-corrected chi connectivity index (χ3v) is 3.94. The Hall–Kier alpha value is -1.00. The average Bonchev–Trinajstić information content (AvgIpc) is 2.34. The van der Waals surface area contributed by atoms with E-state index in [1.165, 1.54) is 0 Å². The van der Waals surface area contributed by atoms with Crippen LogP contribution in [-0.2, 0) is 0 Å². The fourth-order valence-electron chi connectivity index (χ4n) is 2.32. The first-order valence-electron chi connectivity index (χ1n) is 6.17. The van der Waals surface area contributed by atoms with Gasteiger partial charge in [-0.3, -0.25) is 0 Å². The molecule has 0 aliphatic heterocycles. The molecule has 1 aromatic rings. The molecule has 0 aliphatic carbocycles. The molecule has 0 aromatic heterocycles. The van der Waals surface area contributed by atoms with Crippen molar-refractivity contribution in [2.45, 2.75) is 31.8 Å². The molecule has 4 heteroatoms. The highest BCUT2D eigenvalue weighted by Gasteiger charge is 2.36. The lowest BCUT2D eigenvalue weighted by molar-refractivity contribution is 0.114. The lowest BCUT2D eigenvalue weighted by Gasteiger charge is -2.43. The fraction of sp³-hybridized carbons (Fsp3) is 0.571. The zero-order chi connectivity index (χ0) is 13.9. The van der Waals surface area contributed by atoms with Crippen LogP contribution in [0.2, 0.25) is 0 Å². The molecule has 0 heterocycles. The molecule has 0 bridgehead atoms. The molecule has 2 unspecified atom stereocenters. The van der Waals surface area contributed by atoms with Crippen molar-refractivity contribution >= 4 is 0 Å². The molecule has 1 rings (SSSR count).